The first-order valence-corrected chi connectivity index (χ1v) is 11.1. The van der Waals surface area contributed by atoms with Crippen LogP contribution in [0.25, 0.3) is 21.8 Å². The molecule has 6 nitrogen and oxygen atoms in total. The zero-order chi connectivity index (χ0) is 22.6. The molecule has 0 bridgehead atoms. The maximum absolute atomic E-state index is 13.5. The van der Waals surface area contributed by atoms with Gasteiger partial charge < -0.3 is 18.9 Å². The van der Waals surface area contributed by atoms with Crippen molar-refractivity contribution in [2.75, 3.05) is 31.1 Å². The lowest BCUT2D eigenvalue weighted by atomic mass is 10.1. The van der Waals surface area contributed by atoms with Crippen molar-refractivity contribution in [2.45, 2.75) is 13.8 Å². The molecule has 164 valence electrons. The zero-order valence-corrected chi connectivity index (χ0v) is 19.1. The van der Waals surface area contributed by atoms with Gasteiger partial charge in [-0.05, 0) is 43.2 Å². The number of hydrogen-bond acceptors (Lipinski definition) is 3. The molecule has 4 aromatic rings. The number of nitrogens with zero attached hydrogens (tertiary/aromatic N) is 4. The molecule has 1 aliphatic heterocycles. The van der Waals surface area contributed by atoms with Crippen molar-refractivity contribution in [1.82, 2.24) is 14.0 Å². The number of para-hydroxylation sites is 1. The summed E-state index contributed by atoms with van der Waals surface area (Å²) in [5, 5.41) is 1.57. The molecule has 0 saturated carbocycles. The summed E-state index contributed by atoms with van der Waals surface area (Å²) >= 11 is 0. The number of rotatable bonds is 2. The molecule has 2 aromatic heterocycles. The number of carbonyl (C=O) groups is 1. The van der Waals surface area contributed by atoms with Crippen LogP contribution in [0, 0.1) is 13.8 Å². The van der Waals surface area contributed by atoms with Crippen LogP contribution in [-0.4, -0.2) is 46.1 Å². The average molecular weight is 429 g/mol. The number of amides is 1. The Morgan fingerprint density at radius 2 is 1.56 bits per heavy atom. The number of aryl methyl sites for hydroxylation is 4. The third-order valence-electron chi connectivity index (χ3n) is 6.78. The van der Waals surface area contributed by atoms with E-state index >= 15 is 0 Å². The summed E-state index contributed by atoms with van der Waals surface area (Å²) < 4.78 is 3.55. The van der Waals surface area contributed by atoms with E-state index in [1.807, 2.05) is 40.8 Å². The van der Waals surface area contributed by atoms with E-state index in [9.17, 15) is 9.59 Å². The van der Waals surface area contributed by atoms with E-state index in [0.717, 1.165) is 29.5 Å². The van der Waals surface area contributed by atoms with E-state index in [4.69, 9.17) is 0 Å². The van der Waals surface area contributed by atoms with Crippen LogP contribution in [0.2, 0.25) is 0 Å². The molecule has 0 spiro atoms. The normalized spacial score (nSPS) is 14.5. The fourth-order valence-corrected chi connectivity index (χ4v) is 4.93. The van der Waals surface area contributed by atoms with E-state index in [1.54, 1.807) is 17.7 Å². The number of piperazine rings is 1. The van der Waals surface area contributed by atoms with Gasteiger partial charge in [-0.3, -0.25) is 9.59 Å². The molecule has 0 atom stereocenters. The summed E-state index contributed by atoms with van der Waals surface area (Å²) in [6, 6.07) is 16.1. The highest BCUT2D eigenvalue weighted by molar-refractivity contribution is 6.08. The van der Waals surface area contributed by atoms with Crippen molar-refractivity contribution in [3.8, 4) is 0 Å². The van der Waals surface area contributed by atoms with E-state index in [-0.39, 0.29) is 11.5 Å². The van der Waals surface area contributed by atoms with Gasteiger partial charge in [0, 0.05) is 51.3 Å². The molecule has 3 heterocycles. The van der Waals surface area contributed by atoms with Gasteiger partial charge in [-0.2, -0.15) is 0 Å². The molecule has 1 aliphatic rings. The fraction of sp³-hybridized carbons (Fsp3) is 0.308. The number of benzene rings is 2. The second-order valence-electron chi connectivity index (χ2n) is 8.80. The second-order valence-corrected chi connectivity index (χ2v) is 8.80. The van der Waals surface area contributed by atoms with Gasteiger partial charge in [0.1, 0.15) is 5.69 Å². The van der Waals surface area contributed by atoms with Gasteiger partial charge in [0.2, 0.25) is 0 Å². The quantitative estimate of drug-likeness (QED) is 0.490. The van der Waals surface area contributed by atoms with Crippen molar-refractivity contribution in [2.24, 2.45) is 14.1 Å². The third kappa shape index (κ3) is 3.09. The second kappa shape index (κ2) is 7.55. The number of carbonyl (C=O) groups excluding carboxylic acids is 1. The Morgan fingerprint density at radius 1 is 0.844 bits per heavy atom. The van der Waals surface area contributed by atoms with Crippen molar-refractivity contribution < 1.29 is 4.79 Å². The zero-order valence-electron chi connectivity index (χ0n) is 19.1. The van der Waals surface area contributed by atoms with Crippen molar-refractivity contribution >= 4 is 33.4 Å². The highest BCUT2D eigenvalue weighted by Crippen LogP contribution is 2.27. The molecule has 2 aromatic carbocycles. The van der Waals surface area contributed by atoms with Crippen LogP contribution >= 0.6 is 0 Å². The Balaban J connectivity index is 1.47. The summed E-state index contributed by atoms with van der Waals surface area (Å²) in [4.78, 5) is 30.7. The molecule has 1 fully saturated rings. The summed E-state index contributed by atoms with van der Waals surface area (Å²) in [5.41, 5.74) is 5.92. The lowest BCUT2D eigenvalue weighted by molar-refractivity contribution is 0.0737. The summed E-state index contributed by atoms with van der Waals surface area (Å²) in [7, 11) is 3.67. The molecule has 0 unspecified atom stereocenters. The Kier molecular flexibility index (Phi) is 4.81. The first-order chi connectivity index (χ1) is 15.4. The minimum Gasteiger partial charge on any atom is -0.368 e. The van der Waals surface area contributed by atoms with E-state index < -0.39 is 0 Å². The van der Waals surface area contributed by atoms with Gasteiger partial charge in [0.15, 0.2) is 0 Å². The van der Waals surface area contributed by atoms with Crippen LogP contribution in [0.4, 0.5) is 5.69 Å². The number of anilines is 1. The van der Waals surface area contributed by atoms with E-state index in [0.29, 0.717) is 24.2 Å². The largest absolute Gasteiger partial charge is 0.368 e. The Morgan fingerprint density at radius 3 is 2.31 bits per heavy atom. The standard InChI is InChI=1S/C26H28N4O2/c1-17-9-10-18(2)22(15-17)29-11-13-30(14-12-29)26(32)23-16-20-24(27(23)3)19-7-5-6-8-21(19)28(4)25(20)31/h5-10,15-16H,11-14H2,1-4H3. The van der Waals surface area contributed by atoms with Crippen LogP contribution in [-0.2, 0) is 14.1 Å². The molecule has 0 N–H and O–H groups in total. The molecule has 1 saturated heterocycles. The number of hydrogen-bond donors (Lipinski definition) is 0. The van der Waals surface area contributed by atoms with Gasteiger partial charge in [0.25, 0.3) is 11.5 Å². The molecule has 5 rings (SSSR count). The molecule has 32 heavy (non-hydrogen) atoms. The monoisotopic (exact) mass is 428 g/mol. The van der Waals surface area contributed by atoms with Gasteiger partial charge in [-0.1, -0.05) is 30.3 Å². The predicted molar refractivity (Wildman–Crippen MR) is 130 cm³/mol. The topological polar surface area (TPSA) is 50.5 Å². The lowest BCUT2D eigenvalue weighted by Gasteiger charge is -2.37. The van der Waals surface area contributed by atoms with Crippen molar-refractivity contribution in [3.05, 3.63) is 75.7 Å². The first kappa shape index (κ1) is 20.4. The Hall–Kier alpha value is -3.54. The highest BCUT2D eigenvalue weighted by Gasteiger charge is 2.26. The van der Waals surface area contributed by atoms with Gasteiger partial charge >= 0.3 is 0 Å². The highest BCUT2D eigenvalue weighted by atomic mass is 16.2. The minimum atomic E-state index is -0.0758. The van der Waals surface area contributed by atoms with E-state index in [1.165, 1.54) is 16.8 Å². The van der Waals surface area contributed by atoms with E-state index in [2.05, 4.69) is 36.9 Å². The molecule has 1 amide bonds. The Labute approximate surface area is 187 Å². The molecular weight excluding hydrogens is 400 g/mol. The van der Waals surface area contributed by atoms with Crippen LogP contribution < -0.4 is 10.5 Å². The SMILES string of the molecule is Cc1ccc(C)c(N2CCN(C(=O)c3cc4c(=O)n(C)c5ccccc5c4n3C)CC2)c1. The van der Waals surface area contributed by atoms with Crippen molar-refractivity contribution in [1.29, 1.82) is 0 Å². The van der Waals surface area contributed by atoms with Crippen LogP contribution in [0.15, 0.2) is 53.3 Å². The number of fused-ring (bicyclic) bond motifs is 3. The van der Waals surface area contributed by atoms with Gasteiger partial charge in [0.05, 0.1) is 16.4 Å². The number of pyridine rings is 1. The third-order valence-corrected chi connectivity index (χ3v) is 6.78. The van der Waals surface area contributed by atoms with Crippen LogP contribution in [0.1, 0.15) is 21.6 Å². The number of aromatic nitrogens is 2. The molecule has 0 radical (unpaired) electrons. The lowest BCUT2D eigenvalue weighted by Crippen LogP contribution is -2.49. The van der Waals surface area contributed by atoms with Crippen LogP contribution in [0.5, 0.6) is 0 Å². The maximum Gasteiger partial charge on any atom is 0.270 e. The van der Waals surface area contributed by atoms with Gasteiger partial charge in [-0.15, -0.1) is 0 Å². The summed E-state index contributed by atoms with van der Waals surface area (Å²) in [5.74, 6) is -0.0181. The van der Waals surface area contributed by atoms with Crippen LogP contribution in [0.3, 0.4) is 0 Å². The smallest absolute Gasteiger partial charge is 0.270 e. The van der Waals surface area contributed by atoms with Gasteiger partial charge in [-0.25, -0.2) is 0 Å². The fourth-order valence-electron chi connectivity index (χ4n) is 4.93. The Bertz CT molecular complexity index is 1420. The molecule has 6 heteroatoms. The molecular formula is C26H28N4O2. The predicted octanol–water partition coefficient (Wildman–Crippen LogP) is 3.61. The minimum absolute atomic E-state index is 0.0181. The summed E-state index contributed by atoms with van der Waals surface area (Å²) in [6.07, 6.45) is 0. The van der Waals surface area contributed by atoms with Crippen molar-refractivity contribution in [3.63, 3.8) is 0 Å². The maximum atomic E-state index is 13.5. The molecule has 0 aliphatic carbocycles. The first-order valence-electron chi connectivity index (χ1n) is 11.1. The average Bonchev–Trinajstić information content (AvgIpc) is 3.16. The summed E-state index contributed by atoms with van der Waals surface area (Å²) in [6.45, 7) is 7.15.